The van der Waals surface area contributed by atoms with Crippen molar-refractivity contribution in [1.29, 1.82) is 0 Å². The summed E-state index contributed by atoms with van der Waals surface area (Å²) in [7, 11) is 0. The molecule has 0 aliphatic rings. The Kier molecular flexibility index (Phi) is 4.82. The summed E-state index contributed by atoms with van der Waals surface area (Å²) < 4.78 is 5.82. The maximum Gasteiger partial charge on any atom is 0.247 e. The third-order valence-electron chi connectivity index (χ3n) is 3.67. The Bertz CT molecular complexity index is 751. The Labute approximate surface area is 141 Å². The van der Waals surface area contributed by atoms with Gasteiger partial charge in [-0.1, -0.05) is 44.2 Å². The summed E-state index contributed by atoms with van der Waals surface area (Å²) in [4.78, 5) is 1.21. The van der Waals surface area contributed by atoms with E-state index >= 15 is 0 Å². The lowest BCUT2D eigenvalue weighted by molar-refractivity contribution is 0.509. The van der Waals surface area contributed by atoms with Crippen LogP contribution in [0, 0.1) is 0 Å². The molecule has 1 atom stereocenters. The summed E-state index contributed by atoms with van der Waals surface area (Å²) >= 11 is 1.73. The van der Waals surface area contributed by atoms with Gasteiger partial charge in [0.25, 0.3) is 0 Å². The lowest BCUT2D eigenvalue weighted by Gasteiger charge is -2.09. The molecule has 0 saturated heterocycles. The maximum absolute atomic E-state index is 5.82. The smallest absolute Gasteiger partial charge is 0.247 e. The van der Waals surface area contributed by atoms with Gasteiger partial charge in [0.2, 0.25) is 11.8 Å². The second-order valence-electron chi connectivity index (χ2n) is 5.80. The molecule has 1 heterocycles. The van der Waals surface area contributed by atoms with Crippen molar-refractivity contribution in [2.24, 2.45) is 0 Å². The van der Waals surface area contributed by atoms with Crippen LogP contribution in [0.4, 0.5) is 0 Å². The van der Waals surface area contributed by atoms with E-state index in [-0.39, 0.29) is 5.25 Å². The molecule has 23 heavy (non-hydrogen) atoms. The first-order valence-corrected chi connectivity index (χ1v) is 8.67. The van der Waals surface area contributed by atoms with Crippen LogP contribution in [0.25, 0.3) is 11.5 Å². The summed E-state index contributed by atoms with van der Waals surface area (Å²) in [5.74, 6) is 1.78. The molecule has 0 spiro atoms. The molecule has 4 heteroatoms. The predicted molar refractivity (Wildman–Crippen MR) is 94.5 cm³/mol. The monoisotopic (exact) mass is 324 g/mol. The molecule has 3 nitrogen and oxygen atoms in total. The molecule has 0 bridgehead atoms. The van der Waals surface area contributed by atoms with Crippen molar-refractivity contribution in [3.63, 3.8) is 0 Å². The maximum atomic E-state index is 5.82. The Morgan fingerprint density at radius 1 is 0.870 bits per heavy atom. The van der Waals surface area contributed by atoms with E-state index in [2.05, 4.69) is 55.2 Å². The van der Waals surface area contributed by atoms with Gasteiger partial charge in [-0.05, 0) is 42.7 Å². The molecule has 1 unspecified atom stereocenters. The van der Waals surface area contributed by atoms with Crippen LogP contribution in [0.15, 0.2) is 63.9 Å². The van der Waals surface area contributed by atoms with Crippen molar-refractivity contribution in [3.05, 3.63) is 66.1 Å². The van der Waals surface area contributed by atoms with E-state index < -0.39 is 0 Å². The Morgan fingerprint density at radius 2 is 1.57 bits per heavy atom. The van der Waals surface area contributed by atoms with Crippen molar-refractivity contribution in [3.8, 4) is 11.5 Å². The highest BCUT2D eigenvalue weighted by atomic mass is 32.2. The third-order valence-corrected chi connectivity index (χ3v) is 4.77. The van der Waals surface area contributed by atoms with E-state index in [4.69, 9.17) is 4.42 Å². The lowest BCUT2D eigenvalue weighted by Crippen LogP contribution is -1.90. The summed E-state index contributed by atoms with van der Waals surface area (Å²) in [6, 6.07) is 18.5. The second kappa shape index (κ2) is 7.01. The van der Waals surface area contributed by atoms with Crippen LogP contribution in [0.5, 0.6) is 0 Å². The highest BCUT2D eigenvalue weighted by Crippen LogP contribution is 2.35. The fourth-order valence-electron chi connectivity index (χ4n) is 2.28. The highest BCUT2D eigenvalue weighted by molar-refractivity contribution is 7.99. The van der Waals surface area contributed by atoms with E-state index in [1.807, 2.05) is 30.3 Å². The van der Waals surface area contributed by atoms with Gasteiger partial charge in [0.05, 0.1) is 5.25 Å². The number of hydrogen-bond donors (Lipinski definition) is 0. The molecule has 0 aliphatic heterocycles. The van der Waals surface area contributed by atoms with E-state index in [0.29, 0.717) is 17.7 Å². The van der Waals surface area contributed by atoms with Gasteiger partial charge in [0, 0.05) is 10.5 Å². The molecule has 0 saturated carbocycles. The first-order chi connectivity index (χ1) is 11.1. The quantitative estimate of drug-likeness (QED) is 0.563. The molecular formula is C19H20N2OS. The number of aromatic nitrogens is 2. The third kappa shape index (κ3) is 3.82. The van der Waals surface area contributed by atoms with Crippen LogP contribution in [0.3, 0.4) is 0 Å². The van der Waals surface area contributed by atoms with Crippen molar-refractivity contribution in [1.82, 2.24) is 10.2 Å². The first-order valence-electron chi connectivity index (χ1n) is 7.79. The normalized spacial score (nSPS) is 12.5. The van der Waals surface area contributed by atoms with E-state index in [1.54, 1.807) is 11.8 Å². The van der Waals surface area contributed by atoms with Gasteiger partial charge in [-0.2, -0.15) is 0 Å². The number of rotatable bonds is 5. The molecule has 0 radical (unpaired) electrons. The predicted octanol–water partition coefficient (Wildman–Crippen LogP) is 5.71. The molecule has 0 fully saturated rings. The van der Waals surface area contributed by atoms with Crippen molar-refractivity contribution >= 4 is 11.8 Å². The van der Waals surface area contributed by atoms with Crippen LogP contribution in [-0.2, 0) is 0 Å². The minimum atomic E-state index is 0.116. The zero-order valence-electron chi connectivity index (χ0n) is 13.6. The minimum Gasteiger partial charge on any atom is -0.419 e. The van der Waals surface area contributed by atoms with Gasteiger partial charge in [0.15, 0.2) is 0 Å². The van der Waals surface area contributed by atoms with Gasteiger partial charge in [-0.25, -0.2) is 0 Å². The molecule has 118 valence electrons. The molecule has 0 amide bonds. The van der Waals surface area contributed by atoms with Crippen molar-refractivity contribution < 1.29 is 4.42 Å². The Balaban J connectivity index is 1.71. The van der Waals surface area contributed by atoms with Crippen molar-refractivity contribution in [2.45, 2.75) is 36.8 Å². The largest absolute Gasteiger partial charge is 0.419 e. The Hall–Kier alpha value is -2.07. The first kappa shape index (κ1) is 15.8. The van der Waals surface area contributed by atoms with E-state index in [0.717, 1.165) is 5.56 Å². The molecule has 3 rings (SSSR count). The molecular weight excluding hydrogens is 304 g/mol. The van der Waals surface area contributed by atoms with Crippen LogP contribution in [0.2, 0.25) is 0 Å². The Morgan fingerprint density at radius 3 is 2.22 bits per heavy atom. The molecule has 0 aliphatic carbocycles. The summed E-state index contributed by atoms with van der Waals surface area (Å²) in [6.45, 7) is 6.49. The van der Waals surface area contributed by atoms with Gasteiger partial charge >= 0.3 is 0 Å². The summed E-state index contributed by atoms with van der Waals surface area (Å²) in [5, 5.41) is 8.47. The second-order valence-corrected chi connectivity index (χ2v) is 7.21. The average Bonchev–Trinajstić information content (AvgIpc) is 3.06. The molecule has 0 N–H and O–H groups in total. The lowest BCUT2D eigenvalue weighted by atomic mass is 10.0. The van der Waals surface area contributed by atoms with Crippen LogP contribution < -0.4 is 0 Å². The number of benzene rings is 2. The zero-order chi connectivity index (χ0) is 16.2. The standard InChI is InChI=1S/C19H20N2OS/c1-13(2)15-9-11-17(12-10-15)23-14(3)18-20-21-19(22-18)16-7-5-4-6-8-16/h4-14H,1-3H3. The van der Waals surface area contributed by atoms with Crippen LogP contribution in [0.1, 0.15) is 43.4 Å². The van der Waals surface area contributed by atoms with E-state index in [1.165, 1.54) is 10.5 Å². The minimum absolute atomic E-state index is 0.116. The number of thioether (sulfide) groups is 1. The van der Waals surface area contributed by atoms with Gasteiger partial charge in [0.1, 0.15) is 0 Å². The zero-order valence-corrected chi connectivity index (χ0v) is 14.4. The van der Waals surface area contributed by atoms with Gasteiger partial charge < -0.3 is 4.42 Å². The fourth-order valence-corrected chi connectivity index (χ4v) is 3.18. The van der Waals surface area contributed by atoms with Gasteiger partial charge in [-0.3, -0.25) is 0 Å². The fraction of sp³-hybridized carbons (Fsp3) is 0.263. The molecule has 2 aromatic carbocycles. The number of hydrogen-bond acceptors (Lipinski definition) is 4. The SMILES string of the molecule is CC(C)c1ccc(SC(C)c2nnc(-c3ccccc3)o2)cc1. The van der Waals surface area contributed by atoms with E-state index in [9.17, 15) is 0 Å². The number of nitrogens with zero attached hydrogens (tertiary/aromatic N) is 2. The topological polar surface area (TPSA) is 38.9 Å². The molecule has 1 aromatic heterocycles. The summed E-state index contributed by atoms with van der Waals surface area (Å²) in [6.07, 6.45) is 0. The van der Waals surface area contributed by atoms with Crippen molar-refractivity contribution in [2.75, 3.05) is 0 Å². The highest BCUT2D eigenvalue weighted by Gasteiger charge is 2.16. The molecule has 3 aromatic rings. The summed E-state index contributed by atoms with van der Waals surface area (Å²) in [5.41, 5.74) is 2.30. The average molecular weight is 324 g/mol. The van der Waals surface area contributed by atoms with Crippen LogP contribution in [-0.4, -0.2) is 10.2 Å². The van der Waals surface area contributed by atoms with Crippen LogP contribution >= 0.6 is 11.8 Å². The van der Waals surface area contributed by atoms with Gasteiger partial charge in [-0.15, -0.1) is 22.0 Å².